The van der Waals surface area contributed by atoms with Crippen LogP contribution in [0.3, 0.4) is 0 Å². The van der Waals surface area contributed by atoms with Crippen LogP contribution in [0.5, 0.6) is 0 Å². The highest BCUT2D eigenvalue weighted by Gasteiger charge is 2.15. The van der Waals surface area contributed by atoms with Gasteiger partial charge in [0, 0.05) is 32.8 Å². The first-order valence-electron chi connectivity index (χ1n) is 20.1. The van der Waals surface area contributed by atoms with E-state index in [9.17, 15) is 0 Å². The fraction of sp³-hybridized carbons (Fsp3) is 0. The van der Waals surface area contributed by atoms with Crippen molar-refractivity contribution >= 4 is 65.2 Å². The van der Waals surface area contributed by atoms with Crippen molar-refractivity contribution in [3.8, 4) is 50.3 Å². The summed E-state index contributed by atoms with van der Waals surface area (Å²) in [6.45, 7) is 0. The largest absolute Gasteiger partial charge is 0.309 e. The summed E-state index contributed by atoms with van der Waals surface area (Å²) < 4.78 is 2.41. The molecule has 0 fully saturated rings. The molecule has 0 aliphatic heterocycles. The summed E-state index contributed by atoms with van der Waals surface area (Å²) in [4.78, 5) is 10.2. The Hall–Kier alpha value is -7.88. The summed E-state index contributed by atoms with van der Waals surface area (Å²) in [6, 6.07) is 74.4. The summed E-state index contributed by atoms with van der Waals surface area (Å²) >= 11 is 0. The van der Waals surface area contributed by atoms with E-state index in [0.29, 0.717) is 0 Å². The molecule has 274 valence electrons. The Morgan fingerprint density at radius 3 is 1.56 bits per heavy atom. The van der Waals surface area contributed by atoms with Gasteiger partial charge >= 0.3 is 0 Å². The molecule has 10 aromatic carbocycles. The number of benzene rings is 10. The van der Waals surface area contributed by atoms with Crippen molar-refractivity contribution in [3.05, 3.63) is 212 Å². The molecule has 0 aliphatic rings. The molecule has 3 heteroatoms. The molecule has 0 atom stereocenters. The lowest BCUT2D eigenvalue weighted by Crippen LogP contribution is -1.94. The van der Waals surface area contributed by atoms with Crippen LogP contribution in [0, 0.1) is 0 Å². The van der Waals surface area contributed by atoms with Crippen molar-refractivity contribution in [2.75, 3.05) is 0 Å². The Balaban J connectivity index is 0.879. The number of para-hydroxylation sites is 1. The number of nitrogens with zero attached hydrogens (tertiary/aromatic N) is 3. The van der Waals surface area contributed by atoms with Gasteiger partial charge < -0.3 is 4.57 Å². The third kappa shape index (κ3) is 5.51. The molecular formula is C56H35N3. The lowest BCUT2D eigenvalue weighted by atomic mass is 9.96. The third-order valence-electron chi connectivity index (χ3n) is 12.0. The van der Waals surface area contributed by atoms with Crippen LogP contribution >= 0.6 is 0 Å². The van der Waals surface area contributed by atoms with Crippen LogP contribution in [0.1, 0.15) is 0 Å². The van der Waals surface area contributed by atoms with Crippen molar-refractivity contribution in [2.24, 2.45) is 0 Å². The fourth-order valence-corrected chi connectivity index (χ4v) is 9.10. The Bertz CT molecular complexity index is 3580. The molecule has 2 heterocycles. The van der Waals surface area contributed by atoms with Crippen molar-refractivity contribution in [1.29, 1.82) is 0 Å². The third-order valence-corrected chi connectivity index (χ3v) is 12.0. The van der Waals surface area contributed by atoms with Gasteiger partial charge in [0.25, 0.3) is 0 Å². The smallest absolute Gasteiger partial charge is 0.0979 e. The van der Waals surface area contributed by atoms with Gasteiger partial charge in [-0.3, -0.25) is 4.98 Å². The molecule has 0 saturated carbocycles. The van der Waals surface area contributed by atoms with E-state index >= 15 is 0 Å². The zero-order chi connectivity index (χ0) is 38.9. The van der Waals surface area contributed by atoms with Crippen molar-refractivity contribution in [2.45, 2.75) is 0 Å². The molecule has 12 aromatic rings. The standard InChI is InChI=1S/C56H35N3/c1-2-12-42-33-45(29-27-36(42)11-1)59-53-22-8-7-19-48(53)49-30-28-43(34-54(49)59)41-15-9-13-39(31-41)37-23-25-38(26-24-37)40-14-10-16-44(32-40)52-35-57-55-50-20-5-3-17-46(50)47-18-4-6-21-51(47)56(55)58-52/h1-35H. The summed E-state index contributed by atoms with van der Waals surface area (Å²) in [7, 11) is 0. The highest BCUT2D eigenvalue weighted by atomic mass is 15.0. The average Bonchev–Trinajstić information content (AvgIpc) is 3.65. The van der Waals surface area contributed by atoms with Crippen LogP contribution in [-0.4, -0.2) is 14.5 Å². The number of rotatable bonds is 5. The maximum absolute atomic E-state index is 5.24. The van der Waals surface area contributed by atoms with Gasteiger partial charge in [-0.1, -0.05) is 170 Å². The number of hydrogen-bond acceptors (Lipinski definition) is 2. The molecule has 59 heavy (non-hydrogen) atoms. The Morgan fingerprint density at radius 2 is 0.831 bits per heavy atom. The van der Waals surface area contributed by atoms with Crippen LogP contribution in [0.25, 0.3) is 115 Å². The predicted molar refractivity (Wildman–Crippen MR) is 248 cm³/mol. The quantitative estimate of drug-likeness (QED) is 0.164. The van der Waals surface area contributed by atoms with Gasteiger partial charge in [0.05, 0.1) is 34.0 Å². The van der Waals surface area contributed by atoms with Gasteiger partial charge in [0.15, 0.2) is 0 Å². The fourth-order valence-electron chi connectivity index (χ4n) is 9.10. The number of fused-ring (bicyclic) bond motifs is 10. The van der Waals surface area contributed by atoms with Gasteiger partial charge in [-0.15, -0.1) is 0 Å². The van der Waals surface area contributed by atoms with E-state index in [2.05, 4.69) is 211 Å². The van der Waals surface area contributed by atoms with E-state index in [1.807, 2.05) is 6.20 Å². The Kier molecular flexibility index (Phi) is 7.54. The molecule has 2 aromatic heterocycles. The molecule has 0 N–H and O–H groups in total. The average molecular weight is 750 g/mol. The van der Waals surface area contributed by atoms with Crippen molar-refractivity contribution in [3.63, 3.8) is 0 Å². The summed E-state index contributed by atoms with van der Waals surface area (Å²) in [5.41, 5.74) is 14.4. The maximum atomic E-state index is 5.24. The van der Waals surface area contributed by atoms with Crippen LogP contribution in [0.15, 0.2) is 212 Å². The van der Waals surface area contributed by atoms with Crippen LogP contribution < -0.4 is 0 Å². The van der Waals surface area contributed by atoms with E-state index in [1.54, 1.807) is 0 Å². The van der Waals surface area contributed by atoms with E-state index in [4.69, 9.17) is 9.97 Å². The first kappa shape index (κ1) is 33.3. The SMILES string of the molecule is c1cc(-c2ccc(-c3cccc(-c4cnc5c6ccccc6c6ccccc6c5n4)c3)cc2)cc(-c2ccc3c4ccccc4n(-c4ccc5ccccc5c4)c3c2)c1. The normalized spacial score (nSPS) is 11.7. The number of aromatic nitrogens is 3. The van der Waals surface area contributed by atoms with Gasteiger partial charge in [-0.25, -0.2) is 4.98 Å². The topological polar surface area (TPSA) is 30.7 Å². The van der Waals surface area contributed by atoms with Gasteiger partial charge in [-0.05, 0) is 91.3 Å². The van der Waals surface area contributed by atoms with Crippen LogP contribution in [-0.2, 0) is 0 Å². The molecular weight excluding hydrogens is 715 g/mol. The van der Waals surface area contributed by atoms with Gasteiger partial charge in [0.2, 0.25) is 0 Å². The van der Waals surface area contributed by atoms with Crippen LogP contribution in [0.2, 0.25) is 0 Å². The zero-order valence-corrected chi connectivity index (χ0v) is 32.0. The number of hydrogen-bond donors (Lipinski definition) is 0. The minimum Gasteiger partial charge on any atom is -0.309 e. The highest BCUT2D eigenvalue weighted by molar-refractivity contribution is 6.23. The maximum Gasteiger partial charge on any atom is 0.0979 e. The zero-order valence-electron chi connectivity index (χ0n) is 32.0. The minimum atomic E-state index is 0.865. The lowest BCUT2D eigenvalue weighted by Gasteiger charge is -2.12. The molecule has 0 spiro atoms. The second-order valence-corrected chi connectivity index (χ2v) is 15.4. The van der Waals surface area contributed by atoms with Crippen LogP contribution in [0.4, 0.5) is 0 Å². The molecule has 0 unspecified atom stereocenters. The van der Waals surface area contributed by atoms with Gasteiger partial charge in [-0.2, -0.15) is 0 Å². The van der Waals surface area contributed by atoms with E-state index < -0.39 is 0 Å². The molecule has 0 amide bonds. The van der Waals surface area contributed by atoms with E-state index in [-0.39, 0.29) is 0 Å². The first-order chi connectivity index (χ1) is 29.2. The predicted octanol–water partition coefficient (Wildman–Crippen LogP) is 14.9. The minimum absolute atomic E-state index is 0.865. The monoisotopic (exact) mass is 749 g/mol. The molecule has 12 rings (SSSR count). The summed E-state index contributed by atoms with van der Waals surface area (Å²) in [6.07, 6.45) is 1.92. The molecule has 3 nitrogen and oxygen atoms in total. The second kappa shape index (κ2) is 13.4. The summed E-state index contributed by atoms with van der Waals surface area (Å²) in [5.74, 6) is 0. The van der Waals surface area contributed by atoms with Gasteiger partial charge in [0.1, 0.15) is 0 Å². The Morgan fingerprint density at radius 1 is 0.305 bits per heavy atom. The molecule has 0 saturated heterocycles. The highest BCUT2D eigenvalue weighted by Crippen LogP contribution is 2.38. The Labute approximate surface area is 341 Å². The van der Waals surface area contributed by atoms with Crippen molar-refractivity contribution < 1.29 is 0 Å². The van der Waals surface area contributed by atoms with Crippen molar-refractivity contribution in [1.82, 2.24) is 14.5 Å². The second-order valence-electron chi connectivity index (χ2n) is 15.4. The van der Waals surface area contributed by atoms with E-state index in [1.165, 1.54) is 71.3 Å². The summed E-state index contributed by atoms with van der Waals surface area (Å²) in [5, 5.41) is 9.64. The molecule has 0 radical (unpaired) electrons. The lowest BCUT2D eigenvalue weighted by molar-refractivity contribution is 1.19. The molecule has 0 aliphatic carbocycles. The molecule has 0 bridgehead atoms. The van der Waals surface area contributed by atoms with E-state index in [0.717, 1.165) is 44.2 Å². The first-order valence-corrected chi connectivity index (χ1v) is 20.1.